The fourth-order valence-electron chi connectivity index (χ4n) is 8.48. The van der Waals surface area contributed by atoms with E-state index < -0.39 is 6.10 Å². The van der Waals surface area contributed by atoms with Gasteiger partial charge < -0.3 is 14.2 Å². The Morgan fingerprint density at radius 2 is 0.487 bits per heavy atom. The van der Waals surface area contributed by atoms with E-state index in [1.165, 1.54) is 77.0 Å². The molecule has 0 saturated carbocycles. The van der Waals surface area contributed by atoms with Gasteiger partial charge in [0.05, 0.1) is 0 Å². The molecular formula is C74H118O6. The molecule has 0 aromatic rings. The quantitative estimate of drug-likeness (QED) is 0.0261. The van der Waals surface area contributed by atoms with E-state index in [0.29, 0.717) is 25.7 Å². The van der Waals surface area contributed by atoms with Crippen LogP contribution in [-0.2, 0) is 28.6 Å². The summed E-state index contributed by atoms with van der Waals surface area (Å²) in [7, 11) is 0. The van der Waals surface area contributed by atoms with Crippen molar-refractivity contribution in [2.24, 2.45) is 0 Å². The Kier molecular flexibility index (Phi) is 62.4. The van der Waals surface area contributed by atoms with Crippen LogP contribution in [0.1, 0.15) is 271 Å². The molecule has 0 aromatic carbocycles. The fraction of sp³-hybridized carbons (Fsp3) is 0.608. The minimum atomic E-state index is -0.810. The van der Waals surface area contributed by atoms with Crippen LogP contribution >= 0.6 is 0 Å². The summed E-state index contributed by atoms with van der Waals surface area (Å²) in [4.78, 5) is 38.3. The molecular weight excluding hydrogens is 985 g/mol. The van der Waals surface area contributed by atoms with E-state index in [2.05, 4.69) is 179 Å². The third kappa shape index (κ3) is 63.9. The molecule has 0 aromatic heterocycles. The standard InChI is InChI=1S/C74H118O6/c1-4-7-10-13-16-19-22-25-27-29-31-33-35-36-37-38-40-41-43-45-47-49-52-55-58-61-64-67-73(76)79-70-71(69-78-72(75)66-63-60-57-54-51-24-21-18-15-12-9-6-3)80-74(77)68-65-62-59-56-53-50-48-46-44-42-39-34-32-30-28-26-23-20-17-14-11-8-5-2/h7-8,10-11,16-17,19-20,25-28,31-34,36-37,40-42,44-45,47,52,55,71H,4-6,9,12-15,18,21-24,29-30,35,38-39,43,46,48-51,53-54,56-70H2,1-3H3/b10-7-,11-8-,19-16-,20-17-,27-25-,28-26-,33-31-,34-32-,37-36-,41-40-,44-42-,47-45-,55-52-. The van der Waals surface area contributed by atoms with Gasteiger partial charge in [0, 0.05) is 19.3 Å². The van der Waals surface area contributed by atoms with Crippen LogP contribution in [0.5, 0.6) is 0 Å². The summed E-state index contributed by atoms with van der Waals surface area (Å²) in [5.74, 6) is -0.959. The van der Waals surface area contributed by atoms with Crippen molar-refractivity contribution in [3.05, 3.63) is 158 Å². The molecule has 0 rings (SSSR count). The monoisotopic (exact) mass is 1100 g/mol. The molecule has 80 heavy (non-hydrogen) atoms. The number of allylic oxidation sites excluding steroid dienone is 26. The molecule has 0 N–H and O–H groups in total. The second-order valence-electron chi connectivity index (χ2n) is 20.9. The van der Waals surface area contributed by atoms with Crippen LogP contribution in [-0.4, -0.2) is 37.2 Å². The molecule has 0 heterocycles. The zero-order valence-corrected chi connectivity index (χ0v) is 51.5. The van der Waals surface area contributed by atoms with Gasteiger partial charge in [-0.2, -0.15) is 0 Å². The van der Waals surface area contributed by atoms with Crippen molar-refractivity contribution in [1.82, 2.24) is 0 Å². The Morgan fingerprint density at radius 1 is 0.263 bits per heavy atom. The van der Waals surface area contributed by atoms with Gasteiger partial charge in [0.1, 0.15) is 13.2 Å². The average molecular weight is 1100 g/mol. The van der Waals surface area contributed by atoms with E-state index in [1.807, 2.05) is 0 Å². The maximum atomic E-state index is 12.9. The molecule has 0 spiro atoms. The van der Waals surface area contributed by atoms with Gasteiger partial charge >= 0.3 is 17.9 Å². The largest absolute Gasteiger partial charge is 0.462 e. The SMILES string of the molecule is CC/C=C\C/C=C\C/C=C\C/C=C\C/C=C\C/C=C\C/C=C\C/C=C\CCCCC(=O)OCC(COC(=O)CCCCCCCCCCCCCC)OC(=O)CCCCCCCCC/C=C\C/C=C\C/C=C\C/C=C\C/C=C\CC. The lowest BCUT2D eigenvalue weighted by Gasteiger charge is -2.18. The summed E-state index contributed by atoms with van der Waals surface area (Å²) in [6, 6.07) is 0. The van der Waals surface area contributed by atoms with Gasteiger partial charge in [-0.25, -0.2) is 0 Å². The fourth-order valence-corrected chi connectivity index (χ4v) is 8.48. The van der Waals surface area contributed by atoms with E-state index in [-0.39, 0.29) is 31.1 Å². The van der Waals surface area contributed by atoms with Gasteiger partial charge in [0.2, 0.25) is 0 Å². The summed E-state index contributed by atoms with van der Waals surface area (Å²) < 4.78 is 16.9. The Labute approximate surface area is 492 Å². The normalized spacial score (nSPS) is 13.2. The summed E-state index contributed by atoms with van der Waals surface area (Å²) in [6.07, 6.45) is 96.7. The predicted molar refractivity (Wildman–Crippen MR) is 348 cm³/mol. The molecule has 0 bridgehead atoms. The number of unbranched alkanes of at least 4 members (excludes halogenated alkanes) is 20. The van der Waals surface area contributed by atoms with Gasteiger partial charge in [-0.3, -0.25) is 14.4 Å². The third-order valence-corrected chi connectivity index (χ3v) is 13.3. The number of hydrogen-bond acceptors (Lipinski definition) is 6. The number of esters is 3. The minimum absolute atomic E-state index is 0.101. The zero-order valence-electron chi connectivity index (χ0n) is 51.5. The van der Waals surface area contributed by atoms with E-state index in [1.54, 1.807) is 0 Å². The highest BCUT2D eigenvalue weighted by Crippen LogP contribution is 2.15. The first-order chi connectivity index (χ1) is 39.5. The van der Waals surface area contributed by atoms with Crippen LogP contribution in [0.15, 0.2) is 158 Å². The molecule has 1 atom stereocenters. The molecule has 0 aliphatic carbocycles. The Hall–Kier alpha value is -4.97. The number of carbonyl (C=O) groups excluding carboxylic acids is 3. The van der Waals surface area contributed by atoms with Crippen LogP contribution in [0.25, 0.3) is 0 Å². The van der Waals surface area contributed by atoms with Gasteiger partial charge in [0.25, 0.3) is 0 Å². The first-order valence-electron chi connectivity index (χ1n) is 32.5. The van der Waals surface area contributed by atoms with Crippen LogP contribution in [0.4, 0.5) is 0 Å². The first-order valence-corrected chi connectivity index (χ1v) is 32.5. The van der Waals surface area contributed by atoms with Crippen molar-refractivity contribution < 1.29 is 28.6 Å². The lowest BCUT2D eigenvalue weighted by Crippen LogP contribution is -2.30. The van der Waals surface area contributed by atoms with Crippen LogP contribution < -0.4 is 0 Å². The molecule has 6 nitrogen and oxygen atoms in total. The van der Waals surface area contributed by atoms with Crippen molar-refractivity contribution in [3.8, 4) is 0 Å². The third-order valence-electron chi connectivity index (χ3n) is 13.3. The van der Waals surface area contributed by atoms with E-state index in [9.17, 15) is 14.4 Å². The molecule has 6 heteroatoms. The molecule has 1 unspecified atom stereocenters. The zero-order chi connectivity index (χ0) is 57.8. The lowest BCUT2D eigenvalue weighted by atomic mass is 10.0. The predicted octanol–water partition coefficient (Wildman–Crippen LogP) is 22.5. The molecule has 0 aliphatic rings. The number of carbonyl (C=O) groups is 3. The maximum absolute atomic E-state index is 12.9. The summed E-state index contributed by atoms with van der Waals surface area (Å²) in [5.41, 5.74) is 0. The topological polar surface area (TPSA) is 78.9 Å². The summed E-state index contributed by atoms with van der Waals surface area (Å²) in [6.45, 7) is 6.36. The van der Waals surface area contributed by atoms with Crippen LogP contribution in [0.3, 0.4) is 0 Å². The van der Waals surface area contributed by atoms with Crippen molar-refractivity contribution in [2.45, 2.75) is 277 Å². The van der Waals surface area contributed by atoms with E-state index in [4.69, 9.17) is 14.2 Å². The Morgan fingerprint density at radius 3 is 0.787 bits per heavy atom. The van der Waals surface area contributed by atoms with Crippen molar-refractivity contribution >= 4 is 17.9 Å². The van der Waals surface area contributed by atoms with E-state index in [0.717, 1.165) is 148 Å². The van der Waals surface area contributed by atoms with E-state index >= 15 is 0 Å². The molecule has 0 radical (unpaired) electrons. The lowest BCUT2D eigenvalue weighted by molar-refractivity contribution is -0.167. The second kappa shape index (κ2) is 66.5. The minimum Gasteiger partial charge on any atom is -0.462 e. The van der Waals surface area contributed by atoms with Gasteiger partial charge in [-0.05, 0) is 128 Å². The molecule has 450 valence electrons. The Bertz CT molecular complexity index is 1790. The number of rotatable bonds is 57. The van der Waals surface area contributed by atoms with Crippen molar-refractivity contribution in [1.29, 1.82) is 0 Å². The van der Waals surface area contributed by atoms with Gasteiger partial charge in [-0.15, -0.1) is 0 Å². The van der Waals surface area contributed by atoms with Crippen molar-refractivity contribution in [2.75, 3.05) is 13.2 Å². The van der Waals surface area contributed by atoms with Crippen LogP contribution in [0, 0.1) is 0 Å². The smallest absolute Gasteiger partial charge is 0.306 e. The van der Waals surface area contributed by atoms with Crippen molar-refractivity contribution in [3.63, 3.8) is 0 Å². The van der Waals surface area contributed by atoms with Gasteiger partial charge in [-0.1, -0.05) is 281 Å². The molecule has 0 saturated heterocycles. The molecule has 0 amide bonds. The number of hydrogen-bond donors (Lipinski definition) is 0. The summed E-state index contributed by atoms with van der Waals surface area (Å²) in [5, 5.41) is 0. The highest BCUT2D eigenvalue weighted by atomic mass is 16.6. The average Bonchev–Trinajstić information content (AvgIpc) is 3.46. The molecule has 0 aliphatic heterocycles. The first kappa shape index (κ1) is 75.0. The highest BCUT2D eigenvalue weighted by molar-refractivity contribution is 5.71. The Balaban J connectivity index is 4.45. The maximum Gasteiger partial charge on any atom is 0.306 e. The van der Waals surface area contributed by atoms with Gasteiger partial charge in [0.15, 0.2) is 6.10 Å². The molecule has 0 fully saturated rings. The van der Waals surface area contributed by atoms with Crippen LogP contribution in [0.2, 0.25) is 0 Å². The second-order valence-corrected chi connectivity index (χ2v) is 20.9. The highest BCUT2D eigenvalue weighted by Gasteiger charge is 2.19. The summed E-state index contributed by atoms with van der Waals surface area (Å²) >= 11 is 0. The number of ether oxygens (including phenoxy) is 3.